The van der Waals surface area contributed by atoms with E-state index in [-0.39, 0.29) is 0 Å². The number of anilines is 3. The lowest BCUT2D eigenvalue weighted by Gasteiger charge is -2.28. The summed E-state index contributed by atoms with van der Waals surface area (Å²) in [5.41, 5.74) is 16.8. The molecule has 0 aliphatic carbocycles. The van der Waals surface area contributed by atoms with Gasteiger partial charge in [0.25, 0.3) is 0 Å². The number of fused-ring (bicyclic) bond motifs is 4. The van der Waals surface area contributed by atoms with E-state index in [1.165, 1.54) is 55.3 Å². The predicted molar refractivity (Wildman–Crippen MR) is 253 cm³/mol. The van der Waals surface area contributed by atoms with E-state index in [4.69, 9.17) is 4.42 Å². The van der Waals surface area contributed by atoms with Crippen LogP contribution >= 0.6 is 0 Å². The number of hydrogen-bond donors (Lipinski definition) is 0. The number of furan rings is 1. The Labute approximate surface area is 349 Å². The van der Waals surface area contributed by atoms with Crippen LogP contribution in [0.25, 0.3) is 88.3 Å². The molecule has 0 unspecified atom stereocenters. The molecule has 0 amide bonds. The standard InChI is InChI=1S/C58H39NO/c1-2-11-40(12-3-1)42-21-23-43(24-22-42)45-31-35-50(36-32-45)59(55-18-8-6-15-52(55)53-17-10-20-57-58(53)54-16-7-9-19-56(54)60-57)51-37-33-46(34-38-51)44-25-27-47(28-26-44)49-30-29-41-13-4-5-14-48(41)39-49/h1-39H. The molecule has 0 aliphatic rings. The molecule has 11 aromatic rings. The number of para-hydroxylation sites is 2. The fourth-order valence-corrected chi connectivity index (χ4v) is 8.64. The van der Waals surface area contributed by atoms with E-state index in [1.807, 2.05) is 12.1 Å². The fourth-order valence-electron chi connectivity index (χ4n) is 8.64. The summed E-state index contributed by atoms with van der Waals surface area (Å²) < 4.78 is 6.36. The Morgan fingerprint density at radius 1 is 0.283 bits per heavy atom. The molecule has 0 saturated carbocycles. The van der Waals surface area contributed by atoms with Gasteiger partial charge in [0.1, 0.15) is 11.2 Å². The maximum absolute atomic E-state index is 6.36. The molecule has 0 radical (unpaired) electrons. The highest BCUT2D eigenvalue weighted by Crippen LogP contribution is 2.45. The van der Waals surface area contributed by atoms with Crippen molar-refractivity contribution >= 4 is 49.8 Å². The van der Waals surface area contributed by atoms with Crippen LogP contribution < -0.4 is 4.90 Å². The Morgan fingerprint density at radius 2 is 0.733 bits per heavy atom. The zero-order valence-electron chi connectivity index (χ0n) is 32.9. The van der Waals surface area contributed by atoms with Crippen molar-refractivity contribution in [2.45, 2.75) is 0 Å². The van der Waals surface area contributed by atoms with Crippen LogP contribution in [0.15, 0.2) is 241 Å². The zero-order chi connectivity index (χ0) is 39.8. The van der Waals surface area contributed by atoms with Crippen LogP contribution in [0.3, 0.4) is 0 Å². The second-order valence-electron chi connectivity index (χ2n) is 15.3. The van der Waals surface area contributed by atoms with Crippen molar-refractivity contribution in [1.82, 2.24) is 0 Å². The molecule has 11 rings (SSSR count). The molecule has 2 nitrogen and oxygen atoms in total. The van der Waals surface area contributed by atoms with E-state index in [0.29, 0.717) is 0 Å². The molecule has 10 aromatic carbocycles. The van der Waals surface area contributed by atoms with Gasteiger partial charge in [-0.05, 0) is 109 Å². The number of benzene rings is 10. The smallest absolute Gasteiger partial charge is 0.136 e. The normalized spacial score (nSPS) is 11.3. The SMILES string of the molecule is c1ccc(-c2ccc(-c3ccc(N(c4ccc(-c5ccc(-c6ccc7ccccc7c6)cc5)cc4)c4ccccc4-c4cccc5oc6ccccc6c45)cc3)cc2)cc1. The first kappa shape index (κ1) is 35.2. The summed E-state index contributed by atoms with van der Waals surface area (Å²) in [6.07, 6.45) is 0. The van der Waals surface area contributed by atoms with Crippen molar-refractivity contribution in [2.24, 2.45) is 0 Å². The van der Waals surface area contributed by atoms with E-state index >= 15 is 0 Å². The topological polar surface area (TPSA) is 16.4 Å². The molecule has 0 atom stereocenters. The second kappa shape index (κ2) is 15.1. The number of nitrogens with zero attached hydrogens (tertiary/aromatic N) is 1. The van der Waals surface area contributed by atoms with E-state index < -0.39 is 0 Å². The molecule has 0 saturated heterocycles. The molecule has 0 N–H and O–H groups in total. The van der Waals surface area contributed by atoms with Gasteiger partial charge in [-0.25, -0.2) is 0 Å². The molecule has 0 aliphatic heterocycles. The molecule has 1 heterocycles. The first-order valence-electron chi connectivity index (χ1n) is 20.5. The molecule has 0 fully saturated rings. The van der Waals surface area contributed by atoms with Crippen molar-refractivity contribution in [1.29, 1.82) is 0 Å². The summed E-state index contributed by atoms with van der Waals surface area (Å²) in [4.78, 5) is 2.38. The molecule has 60 heavy (non-hydrogen) atoms. The third kappa shape index (κ3) is 6.51. The van der Waals surface area contributed by atoms with E-state index in [2.05, 4.69) is 229 Å². The third-order valence-electron chi connectivity index (χ3n) is 11.7. The van der Waals surface area contributed by atoms with Crippen molar-refractivity contribution < 1.29 is 4.42 Å². The molecule has 1 aromatic heterocycles. The Hall–Kier alpha value is -7.94. The number of rotatable bonds is 8. The first-order chi connectivity index (χ1) is 29.7. The summed E-state index contributed by atoms with van der Waals surface area (Å²) in [5, 5.41) is 4.74. The minimum absolute atomic E-state index is 0.883. The monoisotopic (exact) mass is 765 g/mol. The molecular formula is C58H39NO. The molecular weight excluding hydrogens is 727 g/mol. The van der Waals surface area contributed by atoms with Crippen LogP contribution in [0.1, 0.15) is 0 Å². The van der Waals surface area contributed by atoms with Crippen LogP contribution in [0.5, 0.6) is 0 Å². The van der Waals surface area contributed by atoms with Crippen molar-refractivity contribution in [3.05, 3.63) is 237 Å². The average Bonchev–Trinajstić information content (AvgIpc) is 3.72. The minimum Gasteiger partial charge on any atom is -0.456 e. The van der Waals surface area contributed by atoms with Crippen LogP contribution in [0.2, 0.25) is 0 Å². The largest absolute Gasteiger partial charge is 0.456 e. The summed E-state index contributed by atoms with van der Waals surface area (Å²) in [6.45, 7) is 0. The second-order valence-corrected chi connectivity index (χ2v) is 15.3. The fraction of sp³-hybridized carbons (Fsp3) is 0. The number of hydrogen-bond acceptors (Lipinski definition) is 2. The quantitative estimate of drug-likeness (QED) is 0.153. The van der Waals surface area contributed by atoms with Gasteiger partial charge in [-0.2, -0.15) is 0 Å². The van der Waals surface area contributed by atoms with Crippen LogP contribution in [0.4, 0.5) is 17.1 Å². The van der Waals surface area contributed by atoms with Gasteiger partial charge in [-0.1, -0.05) is 188 Å². The van der Waals surface area contributed by atoms with Crippen molar-refractivity contribution in [3.8, 4) is 55.6 Å². The summed E-state index contributed by atoms with van der Waals surface area (Å²) in [7, 11) is 0. The Kier molecular flexibility index (Phi) is 8.87. The van der Waals surface area contributed by atoms with E-state index in [9.17, 15) is 0 Å². The lowest BCUT2D eigenvalue weighted by Crippen LogP contribution is -2.11. The van der Waals surface area contributed by atoms with Crippen LogP contribution in [-0.4, -0.2) is 0 Å². The highest BCUT2D eigenvalue weighted by Gasteiger charge is 2.20. The summed E-state index contributed by atoms with van der Waals surface area (Å²) in [6, 6.07) is 84.8. The zero-order valence-corrected chi connectivity index (χ0v) is 32.9. The Morgan fingerprint density at radius 3 is 1.38 bits per heavy atom. The summed E-state index contributed by atoms with van der Waals surface area (Å²) >= 11 is 0. The van der Waals surface area contributed by atoms with Gasteiger partial charge in [0, 0.05) is 27.7 Å². The van der Waals surface area contributed by atoms with Gasteiger partial charge in [0.15, 0.2) is 0 Å². The Bertz CT molecular complexity index is 3270. The van der Waals surface area contributed by atoms with Gasteiger partial charge >= 0.3 is 0 Å². The summed E-state index contributed by atoms with van der Waals surface area (Å²) in [5.74, 6) is 0. The predicted octanol–water partition coefficient (Wildman–Crippen LogP) is 16.5. The highest BCUT2D eigenvalue weighted by atomic mass is 16.3. The van der Waals surface area contributed by atoms with Gasteiger partial charge in [0.05, 0.1) is 5.69 Å². The molecule has 2 heteroatoms. The van der Waals surface area contributed by atoms with Gasteiger partial charge in [-0.15, -0.1) is 0 Å². The van der Waals surface area contributed by atoms with Crippen LogP contribution in [0, 0.1) is 0 Å². The lowest BCUT2D eigenvalue weighted by atomic mass is 9.96. The van der Waals surface area contributed by atoms with Crippen molar-refractivity contribution in [3.63, 3.8) is 0 Å². The van der Waals surface area contributed by atoms with Gasteiger partial charge in [0.2, 0.25) is 0 Å². The highest BCUT2D eigenvalue weighted by molar-refractivity contribution is 6.14. The first-order valence-corrected chi connectivity index (χ1v) is 20.5. The van der Waals surface area contributed by atoms with Crippen molar-refractivity contribution in [2.75, 3.05) is 4.90 Å². The van der Waals surface area contributed by atoms with E-state index in [1.54, 1.807) is 0 Å². The maximum Gasteiger partial charge on any atom is 0.136 e. The molecule has 0 spiro atoms. The average molecular weight is 766 g/mol. The van der Waals surface area contributed by atoms with Crippen LogP contribution in [-0.2, 0) is 0 Å². The van der Waals surface area contributed by atoms with E-state index in [0.717, 1.165) is 50.1 Å². The third-order valence-corrected chi connectivity index (χ3v) is 11.7. The minimum atomic E-state index is 0.883. The molecule has 282 valence electrons. The lowest BCUT2D eigenvalue weighted by molar-refractivity contribution is 0.669. The van der Waals surface area contributed by atoms with Gasteiger partial charge in [-0.3, -0.25) is 0 Å². The maximum atomic E-state index is 6.36. The molecule has 0 bridgehead atoms. The Balaban J connectivity index is 0.979. The van der Waals surface area contributed by atoms with Gasteiger partial charge < -0.3 is 9.32 Å².